The Morgan fingerprint density at radius 1 is 1.38 bits per heavy atom. The molecule has 3 heteroatoms. The summed E-state index contributed by atoms with van der Waals surface area (Å²) < 4.78 is 6.60. The van der Waals surface area contributed by atoms with Crippen molar-refractivity contribution in [1.82, 2.24) is 0 Å². The van der Waals surface area contributed by atoms with E-state index in [0.29, 0.717) is 6.42 Å². The maximum atomic E-state index is 11.4. The quantitative estimate of drug-likeness (QED) is 0.367. The molecule has 0 spiro atoms. The smallest absolute Gasteiger partial charge is 0.192 e. The summed E-state index contributed by atoms with van der Waals surface area (Å²) in [5.41, 5.74) is 1.17. The van der Waals surface area contributed by atoms with Crippen LogP contribution in [-0.2, 0) is 9.22 Å². The number of ketones is 1. The van der Waals surface area contributed by atoms with Gasteiger partial charge in [-0.2, -0.15) is 0 Å². The summed E-state index contributed by atoms with van der Waals surface area (Å²) in [7, 11) is -1.81. The standard InChI is InChI=1S/C18H30O2Si/c1-7-8-9-10-17(15-11-13-16(19)14-12-15)20-21(5,6)18(2,3)4/h7,11-13,17H,1,8-10,14H2,2-6H3. The van der Waals surface area contributed by atoms with Crippen LogP contribution >= 0.6 is 0 Å². The van der Waals surface area contributed by atoms with Crippen LogP contribution in [0, 0.1) is 0 Å². The van der Waals surface area contributed by atoms with Crippen molar-refractivity contribution < 1.29 is 9.22 Å². The van der Waals surface area contributed by atoms with E-state index in [9.17, 15) is 4.79 Å². The number of hydrogen-bond donors (Lipinski definition) is 0. The maximum absolute atomic E-state index is 11.4. The van der Waals surface area contributed by atoms with Crippen LogP contribution in [0.1, 0.15) is 46.5 Å². The molecule has 0 amide bonds. The van der Waals surface area contributed by atoms with Gasteiger partial charge in [-0.25, -0.2) is 0 Å². The summed E-state index contributed by atoms with van der Waals surface area (Å²) in [5, 5.41) is 0.193. The van der Waals surface area contributed by atoms with E-state index in [1.807, 2.05) is 18.2 Å². The van der Waals surface area contributed by atoms with Gasteiger partial charge in [-0.1, -0.05) is 39.0 Å². The maximum Gasteiger partial charge on any atom is 0.192 e. The molecule has 0 radical (unpaired) electrons. The van der Waals surface area contributed by atoms with Gasteiger partial charge in [0.05, 0.1) is 6.10 Å². The Kier molecular flexibility index (Phi) is 6.35. The molecule has 0 aromatic carbocycles. The van der Waals surface area contributed by atoms with Crippen LogP contribution in [0.3, 0.4) is 0 Å². The highest BCUT2D eigenvalue weighted by Crippen LogP contribution is 2.39. The van der Waals surface area contributed by atoms with E-state index in [0.717, 1.165) is 19.3 Å². The highest BCUT2D eigenvalue weighted by molar-refractivity contribution is 6.74. The summed E-state index contributed by atoms with van der Waals surface area (Å²) in [4.78, 5) is 11.4. The molecular weight excluding hydrogens is 276 g/mol. The van der Waals surface area contributed by atoms with Gasteiger partial charge >= 0.3 is 0 Å². The van der Waals surface area contributed by atoms with Crippen LogP contribution in [0.15, 0.2) is 36.5 Å². The minimum absolute atomic E-state index is 0.107. The summed E-state index contributed by atoms with van der Waals surface area (Å²) in [5.74, 6) is 0.177. The molecule has 1 rings (SSSR count). The lowest BCUT2D eigenvalue weighted by molar-refractivity contribution is -0.113. The third kappa shape index (κ3) is 5.40. The number of allylic oxidation sites excluding steroid dienone is 3. The van der Waals surface area contributed by atoms with Gasteiger partial charge in [-0.05, 0) is 49.0 Å². The van der Waals surface area contributed by atoms with Crippen LogP contribution in [0.4, 0.5) is 0 Å². The molecule has 0 bridgehead atoms. The second-order valence-corrected chi connectivity index (χ2v) is 12.1. The lowest BCUT2D eigenvalue weighted by Crippen LogP contribution is -2.44. The second-order valence-electron chi connectivity index (χ2n) is 7.29. The molecule has 2 nitrogen and oxygen atoms in total. The third-order valence-electron chi connectivity index (χ3n) is 4.49. The molecule has 1 aliphatic carbocycles. The van der Waals surface area contributed by atoms with Crippen LogP contribution < -0.4 is 0 Å². The molecule has 0 heterocycles. The van der Waals surface area contributed by atoms with E-state index in [1.54, 1.807) is 6.08 Å². The highest BCUT2D eigenvalue weighted by Gasteiger charge is 2.39. The summed E-state index contributed by atoms with van der Waals surface area (Å²) >= 11 is 0. The number of hydrogen-bond acceptors (Lipinski definition) is 2. The Hall–Kier alpha value is -0.933. The van der Waals surface area contributed by atoms with Gasteiger partial charge < -0.3 is 4.43 Å². The molecule has 0 aromatic rings. The minimum atomic E-state index is -1.81. The van der Waals surface area contributed by atoms with Crippen molar-refractivity contribution >= 4 is 14.1 Å². The average Bonchev–Trinajstić information content (AvgIpc) is 2.37. The van der Waals surface area contributed by atoms with E-state index in [4.69, 9.17) is 4.43 Å². The Balaban J connectivity index is 2.85. The van der Waals surface area contributed by atoms with Gasteiger partial charge in [0.15, 0.2) is 14.1 Å². The Morgan fingerprint density at radius 2 is 2.05 bits per heavy atom. The number of unbranched alkanes of at least 4 members (excludes halogenated alkanes) is 1. The summed E-state index contributed by atoms with van der Waals surface area (Å²) in [6.45, 7) is 15.1. The first-order chi connectivity index (χ1) is 9.67. The zero-order chi connectivity index (χ0) is 16.1. The molecule has 1 unspecified atom stereocenters. The van der Waals surface area contributed by atoms with Gasteiger partial charge in [-0.15, -0.1) is 6.58 Å². The van der Waals surface area contributed by atoms with Crippen molar-refractivity contribution in [2.24, 2.45) is 0 Å². The van der Waals surface area contributed by atoms with Crippen molar-refractivity contribution in [3.05, 3.63) is 36.5 Å². The Morgan fingerprint density at radius 3 is 2.52 bits per heavy atom. The molecule has 0 saturated heterocycles. The van der Waals surface area contributed by atoms with E-state index in [2.05, 4.69) is 40.4 Å². The molecule has 1 atom stereocenters. The predicted octanol–water partition coefficient (Wildman–Crippen LogP) is 5.19. The normalized spacial score (nSPS) is 17.6. The highest BCUT2D eigenvalue weighted by atomic mass is 28.4. The molecule has 1 aliphatic rings. The third-order valence-corrected chi connectivity index (χ3v) is 8.98. The zero-order valence-corrected chi connectivity index (χ0v) is 15.2. The first kappa shape index (κ1) is 18.1. The average molecular weight is 307 g/mol. The first-order valence-corrected chi connectivity index (χ1v) is 10.8. The van der Waals surface area contributed by atoms with Gasteiger partial charge in [-0.3, -0.25) is 4.79 Å². The SMILES string of the molecule is C=CCCCC(O[Si](C)(C)C(C)(C)C)C1=CCC(=O)C=C1. The van der Waals surface area contributed by atoms with Gasteiger partial charge in [0.1, 0.15) is 0 Å². The summed E-state index contributed by atoms with van der Waals surface area (Å²) in [6.07, 6.45) is 11.3. The monoisotopic (exact) mass is 306 g/mol. The topological polar surface area (TPSA) is 26.3 Å². The zero-order valence-electron chi connectivity index (χ0n) is 14.2. The van der Waals surface area contributed by atoms with E-state index in [-0.39, 0.29) is 16.9 Å². The molecule has 0 aromatic heterocycles. The fourth-order valence-corrected chi connectivity index (χ4v) is 3.37. The van der Waals surface area contributed by atoms with Crippen molar-refractivity contribution in [2.45, 2.75) is 70.7 Å². The lowest BCUT2D eigenvalue weighted by atomic mass is 9.98. The van der Waals surface area contributed by atoms with Crippen molar-refractivity contribution in [3.63, 3.8) is 0 Å². The van der Waals surface area contributed by atoms with Gasteiger partial charge in [0, 0.05) is 6.42 Å². The van der Waals surface area contributed by atoms with Crippen LogP contribution in [0.2, 0.25) is 18.1 Å². The number of rotatable bonds is 7. The largest absolute Gasteiger partial charge is 0.410 e. The molecule has 0 fully saturated rings. The van der Waals surface area contributed by atoms with Crippen molar-refractivity contribution in [3.8, 4) is 0 Å². The first-order valence-electron chi connectivity index (χ1n) is 7.87. The molecule has 118 valence electrons. The van der Waals surface area contributed by atoms with Crippen LogP contribution in [0.25, 0.3) is 0 Å². The molecule has 0 N–H and O–H groups in total. The molecule has 21 heavy (non-hydrogen) atoms. The van der Waals surface area contributed by atoms with Crippen molar-refractivity contribution in [1.29, 1.82) is 0 Å². The molecular formula is C18H30O2Si. The lowest BCUT2D eigenvalue weighted by Gasteiger charge is -2.40. The van der Waals surface area contributed by atoms with E-state index < -0.39 is 8.32 Å². The van der Waals surface area contributed by atoms with Crippen LogP contribution in [0.5, 0.6) is 0 Å². The number of carbonyl (C=O) groups is 1. The Bertz CT molecular complexity index is 439. The Labute approximate surface area is 131 Å². The van der Waals surface area contributed by atoms with Gasteiger partial charge in [0.2, 0.25) is 0 Å². The van der Waals surface area contributed by atoms with Crippen molar-refractivity contribution in [2.75, 3.05) is 0 Å². The molecule has 0 aliphatic heterocycles. The predicted molar refractivity (Wildman–Crippen MR) is 93.0 cm³/mol. The van der Waals surface area contributed by atoms with E-state index in [1.165, 1.54) is 5.57 Å². The van der Waals surface area contributed by atoms with Crippen LogP contribution in [-0.4, -0.2) is 20.2 Å². The number of carbonyl (C=O) groups excluding carboxylic acids is 1. The van der Waals surface area contributed by atoms with E-state index >= 15 is 0 Å². The second kappa shape index (κ2) is 7.37. The minimum Gasteiger partial charge on any atom is -0.410 e. The molecule has 0 saturated carbocycles. The fraction of sp³-hybridized carbons (Fsp3) is 0.611. The fourth-order valence-electron chi connectivity index (χ4n) is 2.06. The van der Waals surface area contributed by atoms with Gasteiger partial charge in [0.25, 0.3) is 0 Å². The summed E-state index contributed by atoms with van der Waals surface area (Å²) in [6, 6.07) is 0.